The maximum atomic E-state index is 12.1. The van der Waals surface area contributed by atoms with E-state index in [-0.39, 0.29) is 31.7 Å². The zero-order valence-corrected chi connectivity index (χ0v) is 31.3. The Kier molecular flexibility index (Phi) is 19.1. The molecular formula is C29H51BN3O15PS. The SMILES string of the molecule is B[C@@H]1O[C@H](COC)[C@H](OP(=O)(O)OC)C1CCCNC(=S)NCCCCO[C@@H]1O[C@H](COC(C)=O)[C@H](OC(C)=O)[C@H](OC(C)=O)[C@H]1NC(C)=O. The van der Waals surface area contributed by atoms with E-state index in [1.165, 1.54) is 27.9 Å². The van der Waals surface area contributed by atoms with Gasteiger partial charge in [0.2, 0.25) is 5.91 Å². The van der Waals surface area contributed by atoms with Gasteiger partial charge in [0.25, 0.3) is 0 Å². The van der Waals surface area contributed by atoms with Crippen molar-refractivity contribution in [3.05, 3.63) is 0 Å². The monoisotopic (exact) mass is 755 g/mol. The molecule has 2 aliphatic heterocycles. The Balaban J connectivity index is 1.85. The minimum atomic E-state index is -4.23. The third-order valence-corrected chi connectivity index (χ3v) is 9.07. The Hall–Kier alpha value is -2.42. The molecule has 18 nitrogen and oxygen atoms in total. The molecule has 0 aromatic heterocycles. The number of carbonyl (C=O) groups is 4. The Bertz CT molecular complexity index is 1190. The molecule has 0 saturated carbocycles. The van der Waals surface area contributed by atoms with Crippen LogP contribution in [0.15, 0.2) is 0 Å². The number of esters is 3. The van der Waals surface area contributed by atoms with Crippen LogP contribution < -0.4 is 16.0 Å². The number of rotatable bonds is 20. The number of amides is 1. The summed E-state index contributed by atoms with van der Waals surface area (Å²) in [5.74, 6) is -2.62. The van der Waals surface area contributed by atoms with Crippen LogP contribution in [0.2, 0.25) is 0 Å². The predicted molar refractivity (Wildman–Crippen MR) is 181 cm³/mol. The molecule has 50 heavy (non-hydrogen) atoms. The maximum Gasteiger partial charge on any atom is 0.472 e. The highest BCUT2D eigenvalue weighted by molar-refractivity contribution is 7.80. The van der Waals surface area contributed by atoms with Crippen molar-refractivity contribution in [2.45, 2.75) is 102 Å². The zero-order chi connectivity index (χ0) is 37.4. The number of thiocarbonyl (C=S) groups is 1. The molecule has 2 saturated heterocycles. The van der Waals surface area contributed by atoms with Gasteiger partial charge < -0.3 is 54.0 Å². The fourth-order valence-electron chi connectivity index (χ4n) is 5.70. The second kappa shape index (κ2) is 21.8. The topological polar surface area (TPSA) is 225 Å². The molecule has 286 valence electrons. The van der Waals surface area contributed by atoms with Crippen molar-refractivity contribution in [1.82, 2.24) is 16.0 Å². The summed E-state index contributed by atoms with van der Waals surface area (Å²) >= 11 is 5.39. The number of hydrogen-bond donors (Lipinski definition) is 4. The van der Waals surface area contributed by atoms with Gasteiger partial charge in [-0.15, -0.1) is 0 Å². The lowest BCUT2D eigenvalue weighted by atomic mass is 9.82. The molecule has 4 N–H and O–H groups in total. The van der Waals surface area contributed by atoms with Crippen LogP contribution in [0.3, 0.4) is 0 Å². The number of hydrogen-bond acceptors (Lipinski definition) is 15. The van der Waals surface area contributed by atoms with Crippen LogP contribution in [0.5, 0.6) is 0 Å². The molecule has 0 radical (unpaired) electrons. The largest absolute Gasteiger partial charge is 0.472 e. The molecule has 0 aromatic carbocycles. The van der Waals surface area contributed by atoms with E-state index in [0.29, 0.717) is 43.9 Å². The number of ether oxygens (including phenoxy) is 7. The van der Waals surface area contributed by atoms with E-state index in [1.54, 1.807) is 0 Å². The molecular weight excluding hydrogens is 704 g/mol. The molecule has 0 aliphatic carbocycles. The highest BCUT2D eigenvalue weighted by atomic mass is 32.1. The number of phosphoric ester groups is 1. The third-order valence-electron chi connectivity index (χ3n) is 7.81. The van der Waals surface area contributed by atoms with Crippen LogP contribution >= 0.6 is 20.0 Å². The highest BCUT2D eigenvalue weighted by Crippen LogP contribution is 2.48. The van der Waals surface area contributed by atoms with Crippen LogP contribution in [-0.2, 0) is 65.9 Å². The predicted octanol–water partition coefficient (Wildman–Crippen LogP) is -0.564. The fraction of sp³-hybridized carbons (Fsp3) is 0.828. The molecule has 0 bridgehead atoms. The van der Waals surface area contributed by atoms with Gasteiger partial charge in [0.05, 0.1) is 6.61 Å². The van der Waals surface area contributed by atoms with E-state index >= 15 is 0 Å². The smallest absolute Gasteiger partial charge is 0.463 e. The van der Waals surface area contributed by atoms with Crippen LogP contribution in [0.1, 0.15) is 53.4 Å². The van der Waals surface area contributed by atoms with Gasteiger partial charge in [-0.05, 0) is 37.9 Å². The first kappa shape index (κ1) is 43.7. The third kappa shape index (κ3) is 15.1. The average molecular weight is 756 g/mol. The number of carbonyl (C=O) groups excluding carboxylic acids is 4. The van der Waals surface area contributed by atoms with Crippen molar-refractivity contribution >= 4 is 56.8 Å². The van der Waals surface area contributed by atoms with E-state index < -0.39 is 74.5 Å². The van der Waals surface area contributed by atoms with Crippen LogP contribution in [-0.4, -0.2) is 138 Å². The molecule has 2 fully saturated rings. The normalized spacial score (nSPS) is 28.9. The molecule has 21 heteroatoms. The van der Waals surface area contributed by atoms with Crippen molar-refractivity contribution in [2.75, 3.05) is 47.1 Å². The Morgan fingerprint density at radius 3 is 2.06 bits per heavy atom. The highest BCUT2D eigenvalue weighted by Gasteiger charge is 2.51. The summed E-state index contributed by atoms with van der Waals surface area (Å²) < 4.78 is 61.1. The van der Waals surface area contributed by atoms with Gasteiger partial charge >= 0.3 is 25.7 Å². The zero-order valence-electron chi connectivity index (χ0n) is 29.6. The van der Waals surface area contributed by atoms with Crippen LogP contribution in [0, 0.1) is 5.92 Å². The van der Waals surface area contributed by atoms with E-state index in [1.807, 2.05) is 7.85 Å². The lowest BCUT2D eigenvalue weighted by Crippen LogP contribution is -2.66. The van der Waals surface area contributed by atoms with Crippen molar-refractivity contribution < 1.29 is 70.8 Å². The Morgan fingerprint density at radius 1 is 0.860 bits per heavy atom. The van der Waals surface area contributed by atoms with Crippen LogP contribution in [0.4, 0.5) is 0 Å². The molecule has 2 heterocycles. The molecule has 0 spiro atoms. The molecule has 0 aromatic rings. The number of methoxy groups -OCH3 is 1. The van der Waals surface area contributed by atoms with Crippen molar-refractivity contribution in [3.8, 4) is 0 Å². The number of nitrogens with one attached hydrogen (secondary N) is 3. The van der Waals surface area contributed by atoms with Crippen LogP contribution in [0.25, 0.3) is 0 Å². The first-order chi connectivity index (χ1) is 23.6. The summed E-state index contributed by atoms with van der Waals surface area (Å²) in [6.07, 6.45) is -3.27. The quantitative estimate of drug-likeness (QED) is 0.0305. The molecule has 2 rings (SSSR count). The Morgan fingerprint density at radius 2 is 1.48 bits per heavy atom. The fourth-order valence-corrected chi connectivity index (χ4v) is 6.59. The minimum Gasteiger partial charge on any atom is -0.463 e. The molecule has 2 aliphatic rings. The number of unbranched alkanes of at least 4 members (excludes halogenated alkanes) is 1. The second-order valence-corrected chi connectivity index (χ2v) is 13.8. The summed E-state index contributed by atoms with van der Waals surface area (Å²) in [6.45, 7) is 5.92. The van der Waals surface area contributed by atoms with Gasteiger partial charge in [-0.3, -0.25) is 28.2 Å². The van der Waals surface area contributed by atoms with Gasteiger partial charge in [0.15, 0.2) is 23.6 Å². The summed E-state index contributed by atoms with van der Waals surface area (Å²) in [6, 6.07) is -1.26. The molecule has 1 amide bonds. The van der Waals surface area contributed by atoms with Gasteiger partial charge in [-0.2, -0.15) is 0 Å². The van der Waals surface area contributed by atoms with E-state index in [9.17, 15) is 28.6 Å². The van der Waals surface area contributed by atoms with Gasteiger partial charge in [-0.1, -0.05) is 0 Å². The maximum absolute atomic E-state index is 12.1. The lowest BCUT2D eigenvalue weighted by molar-refractivity contribution is -0.277. The summed E-state index contributed by atoms with van der Waals surface area (Å²) in [7, 11) is 0.277. The van der Waals surface area contributed by atoms with Gasteiger partial charge in [-0.25, -0.2) is 4.57 Å². The Labute approximate surface area is 298 Å². The minimum absolute atomic E-state index is 0.165. The second-order valence-electron chi connectivity index (χ2n) is 11.8. The standard InChI is InChI=1S/C29H51BN3O15PS/c1-16(34)33-23-26(45-19(4)37)25(44-18(3)36)22(15-43-17(2)35)47-28(23)42-13-8-7-11-31-29(50)32-12-9-10-20-24(48-49(38,39)41-6)21(14-40-5)46-27(20)30/h20-28H,7-15,30H2,1-6H3,(H,33,34)(H,38,39)(H2,31,32,50)/t20?,21-,22-,23-,24-,25+,26-,27-,28-/m1/s1. The number of phosphoric acid groups is 1. The van der Waals surface area contributed by atoms with Crippen molar-refractivity contribution in [1.29, 1.82) is 0 Å². The first-order valence-corrected chi connectivity index (χ1v) is 18.2. The summed E-state index contributed by atoms with van der Waals surface area (Å²) in [5.41, 5.74) is 0. The lowest BCUT2D eigenvalue weighted by Gasteiger charge is -2.44. The van der Waals surface area contributed by atoms with Gasteiger partial charge in [0, 0.05) is 73.5 Å². The summed E-state index contributed by atoms with van der Waals surface area (Å²) in [5, 5.41) is 9.37. The first-order valence-electron chi connectivity index (χ1n) is 16.3. The van der Waals surface area contributed by atoms with E-state index in [4.69, 9.17) is 49.9 Å². The van der Waals surface area contributed by atoms with E-state index in [2.05, 4.69) is 20.5 Å². The van der Waals surface area contributed by atoms with Gasteiger partial charge in [0.1, 0.15) is 38.8 Å². The van der Waals surface area contributed by atoms with Crippen molar-refractivity contribution in [3.63, 3.8) is 0 Å². The summed E-state index contributed by atoms with van der Waals surface area (Å²) in [4.78, 5) is 57.4. The average Bonchev–Trinajstić information content (AvgIpc) is 3.30. The van der Waals surface area contributed by atoms with E-state index in [0.717, 1.165) is 14.0 Å². The molecule has 2 unspecified atom stereocenters. The molecule has 10 atom stereocenters. The van der Waals surface area contributed by atoms with Crippen molar-refractivity contribution in [2.24, 2.45) is 5.92 Å².